The molecule has 0 aliphatic carbocycles. The van der Waals surface area contributed by atoms with Crippen LogP contribution in [-0.4, -0.2) is 15.5 Å². The van der Waals surface area contributed by atoms with Gasteiger partial charge in [-0.15, -0.1) is 0 Å². The predicted molar refractivity (Wildman–Crippen MR) is 86.0 cm³/mol. The zero-order chi connectivity index (χ0) is 15.4. The quantitative estimate of drug-likeness (QED) is 0.824. The molecule has 0 fully saturated rings. The topological polar surface area (TPSA) is 46.9 Å². The van der Waals surface area contributed by atoms with Gasteiger partial charge in [-0.3, -0.25) is 4.79 Å². The Bertz CT molecular complexity index is 657. The summed E-state index contributed by atoms with van der Waals surface area (Å²) in [4.78, 5) is 16.5. The number of nitrogens with one attached hydrogen (secondary N) is 1. The average Bonchev–Trinajstić information content (AvgIpc) is 2.77. The summed E-state index contributed by atoms with van der Waals surface area (Å²) in [6.45, 7) is 10.7. The highest BCUT2D eigenvalue weighted by Crippen LogP contribution is 2.22. The summed E-state index contributed by atoms with van der Waals surface area (Å²) >= 11 is 0. The van der Waals surface area contributed by atoms with Crippen LogP contribution in [0.1, 0.15) is 45.5 Å². The average molecular weight is 285 g/mol. The second-order valence-electron chi connectivity index (χ2n) is 5.54. The molecule has 21 heavy (non-hydrogen) atoms. The minimum atomic E-state index is -0.115. The lowest BCUT2D eigenvalue weighted by Gasteiger charge is -2.16. The monoisotopic (exact) mass is 285 g/mol. The number of nitrogens with zero attached hydrogens (tertiary/aromatic N) is 2. The van der Waals surface area contributed by atoms with E-state index >= 15 is 0 Å². The van der Waals surface area contributed by atoms with Crippen LogP contribution >= 0.6 is 0 Å². The molecule has 1 aromatic carbocycles. The molecule has 0 radical (unpaired) electrons. The molecule has 1 N–H and O–H groups in total. The molecule has 0 spiro atoms. The highest BCUT2D eigenvalue weighted by Gasteiger charge is 2.17. The molecule has 2 aromatic rings. The van der Waals surface area contributed by atoms with Gasteiger partial charge in [0.25, 0.3) is 0 Å². The van der Waals surface area contributed by atoms with Gasteiger partial charge in [0.05, 0.1) is 17.1 Å². The van der Waals surface area contributed by atoms with E-state index in [1.807, 2.05) is 39.0 Å². The molecule has 112 valence electrons. The fourth-order valence-electron chi connectivity index (χ4n) is 2.47. The number of carbonyl (C=O) groups is 1. The number of benzene rings is 1. The minimum absolute atomic E-state index is 0.0685. The summed E-state index contributed by atoms with van der Waals surface area (Å²) in [6, 6.07) is 7.91. The molecule has 2 rings (SSSR count). The number of aromatic nitrogens is 2. The Kier molecular flexibility index (Phi) is 4.78. The fraction of sp³-hybridized carbons (Fsp3) is 0.412. The molecule has 1 heterocycles. The Morgan fingerprint density at radius 1 is 1.43 bits per heavy atom. The molecule has 4 heteroatoms. The van der Waals surface area contributed by atoms with Crippen molar-refractivity contribution < 1.29 is 4.79 Å². The molecule has 0 saturated carbocycles. The summed E-state index contributed by atoms with van der Waals surface area (Å²) < 4.78 is 2.13. The van der Waals surface area contributed by atoms with E-state index in [1.165, 1.54) is 0 Å². The predicted octanol–water partition coefficient (Wildman–Crippen LogP) is 3.59. The molecule has 0 unspecified atom stereocenters. The Hall–Kier alpha value is -2.10. The van der Waals surface area contributed by atoms with Crippen LogP contribution < -0.4 is 5.32 Å². The number of allylic oxidation sites excluding steroid dienone is 1. The van der Waals surface area contributed by atoms with Crippen LogP contribution in [0.2, 0.25) is 0 Å². The van der Waals surface area contributed by atoms with E-state index in [4.69, 9.17) is 0 Å². The lowest BCUT2D eigenvalue weighted by Crippen LogP contribution is -2.28. The lowest BCUT2D eigenvalue weighted by molar-refractivity contribution is -0.121. The maximum Gasteiger partial charge on any atom is 0.220 e. The van der Waals surface area contributed by atoms with Crippen molar-refractivity contribution in [1.29, 1.82) is 0 Å². The number of hydrogen-bond acceptors (Lipinski definition) is 2. The van der Waals surface area contributed by atoms with Crippen molar-refractivity contribution in [2.24, 2.45) is 0 Å². The molecular formula is C17H23N3O. The SMILES string of the molecule is C=C(C)Cn1c([C@@H](C)NC(=O)CCC)nc2ccccc21. The molecule has 1 aromatic heterocycles. The van der Waals surface area contributed by atoms with Gasteiger partial charge in [-0.05, 0) is 32.4 Å². The largest absolute Gasteiger partial charge is 0.346 e. The number of imidazole rings is 1. The van der Waals surface area contributed by atoms with Gasteiger partial charge in [0.2, 0.25) is 5.91 Å². The van der Waals surface area contributed by atoms with Crippen LogP contribution in [0.5, 0.6) is 0 Å². The summed E-state index contributed by atoms with van der Waals surface area (Å²) in [5, 5.41) is 3.02. The lowest BCUT2D eigenvalue weighted by atomic mass is 10.2. The maximum absolute atomic E-state index is 11.8. The van der Waals surface area contributed by atoms with Gasteiger partial charge in [-0.2, -0.15) is 0 Å². The summed E-state index contributed by atoms with van der Waals surface area (Å²) in [6.07, 6.45) is 1.39. The van der Waals surface area contributed by atoms with Crippen molar-refractivity contribution in [2.45, 2.75) is 46.2 Å². The van der Waals surface area contributed by atoms with Gasteiger partial charge in [-0.25, -0.2) is 4.98 Å². The number of para-hydroxylation sites is 2. The fourth-order valence-corrected chi connectivity index (χ4v) is 2.47. The standard InChI is InChI=1S/C17H23N3O/c1-5-8-16(21)18-13(4)17-19-14-9-6-7-10-15(14)20(17)11-12(2)3/h6-7,9-10,13H,2,5,8,11H2,1,3-4H3,(H,18,21)/t13-/m1/s1. The van der Waals surface area contributed by atoms with E-state index in [-0.39, 0.29) is 11.9 Å². The summed E-state index contributed by atoms with van der Waals surface area (Å²) in [5.41, 5.74) is 3.09. The van der Waals surface area contributed by atoms with Gasteiger partial charge in [0.1, 0.15) is 5.82 Å². The summed E-state index contributed by atoms with van der Waals surface area (Å²) in [7, 11) is 0. The molecule has 4 nitrogen and oxygen atoms in total. The molecule has 0 aliphatic rings. The Balaban J connectivity index is 2.37. The number of rotatable bonds is 6. The Labute approximate surface area is 125 Å². The highest BCUT2D eigenvalue weighted by atomic mass is 16.1. The van der Waals surface area contributed by atoms with Gasteiger partial charge in [-0.1, -0.05) is 31.2 Å². The van der Waals surface area contributed by atoms with E-state index in [0.717, 1.165) is 28.9 Å². The summed E-state index contributed by atoms with van der Waals surface area (Å²) in [5.74, 6) is 0.947. The zero-order valence-corrected chi connectivity index (χ0v) is 13.0. The number of carbonyl (C=O) groups excluding carboxylic acids is 1. The van der Waals surface area contributed by atoms with Crippen molar-refractivity contribution >= 4 is 16.9 Å². The van der Waals surface area contributed by atoms with Gasteiger partial charge in [0.15, 0.2) is 0 Å². The highest BCUT2D eigenvalue weighted by molar-refractivity contribution is 5.78. The Morgan fingerprint density at radius 3 is 2.81 bits per heavy atom. The van der Waals surface area contributed by atoms with Crippen LogP contribution in [0.15, 0.2) is 36.4 Å². The zero-order valence-electron chi connectivity index (χ0n) is 13.0. The van der Waals surface area contributed by atoms with Crippen LogP contribution in [0.25, 0.3) is 11.0 Å². The van der Waals surface area contributed by atoms with E-state index < -0.39 is 0 Å². The second-order valence-corrected chi connectivity index (χ2v) is 5.54. The first-order valence-corrected chi connectivity index (χ1v) is 7.41. The minimum Gasteiger partial charge on any atom is -0.346 e. The van der Waals surface area contributed by atoms with Gasteiger partial charge in [0, 0.05) is 13.0 Å². The first-order chi connectivity index (χ1) is 10.0. The third kappa shape index (κ3) is 3.51. The van der Waals surface area contributed by atoms with E-state index in [0.29, 0.717) is 13.0 Å². The van der Waals surface area contributed by atoms with Gasteiger partial charge >= 0.3 is 0 Å². The molecule has 0 aliphatic heterocycles. The van der Waals surface area contributed by atoms with Crippen molar-refractivity contribution in [3.63, 3.8) is 0 Å². The smallest absolute Gasteiger partial charge is 0.220 e. The Morgan fingerprint density at radius 2 is 2.14 bits per heavy atom. The first kappa shape index (κ1) is 15.3. The molecule has 0 saturated heterocycles. The van der Waals surface area contributed by atoms with Crippen molar-refractivity contribution in [1.82, 2.24) is 14.9 Å². The maximum atomic E-state index is 11.8. The number of amides is 1. The number of hydrogen-bond donors (Lipinski definition) is 1. The third-order valence-corrected chi connectivity index (χ3v) is 3.35. The van der Waals surface area contributed by atoms with Crippen LogP contribution in [0.3, 0.4) is 0 Å². The van der Waals surface area contributed by atoms with Crippen molar-refractivity contribution in [3.05, 3.63) is 42.2 Å². The normalized spacial score (nSPS) is 12.3. The van der Waals surface area contributed by atoms with E-state index in [2.05, 4.69) is 27.5 Å². The third-order valence-electron chi connectivity index (χ3n) is 3.35. The van der Waals surface area contributed by atoms with Crippen LogP contribution in [-0.2, 0) is 11.3 Å². The molecule has 1 atom stereocenters. The van der Waals surface area contributed by atoms with Crippen LogP contribution in [0.4, 0.5) is 0 Å². The van der Waals surface area contributed by atoms with E-state index in [9.17, 15) is 4.79 Å². The van der Waals surface area contributed by atoms with Crippen LogP contribution in [0, 0.1) is 0 Å². The second kappa shape index (κ2) is 6.57. The molecule has 1 amide bonds. The first-order valence-electron chi connectivity index (χ1n) is 7.41. The molecular weight excluding hydrogens is 262 g/mol. The number of fused-ring (bicyclic) bond motifs is 1. The van der Waals surface area contributed by atoms with E-state index in [1.54, 1.807) is 0 Å². The van der Waals surface area contributed by atoms with Crippen molar-refractivity contribution in [2.75, 3.05) is 0 Å². The molecule has 0 bridgehead atoms. The van der Waals surface area contributed by atoms with Gasteiger partial charge < -0.3 is 9.88 Å². The van der Waals surface area contributed by atoms with Crippen molar-refractivity contribution in [3.8, 4) is 0 Å².